The highest BCUT2D eigenvalue weighted by Crippen LogP contribution is 2.39. The Balaban J connectivity index is 2.53. The molecule has 0 N–H and O–H groups in total. The Hall–Kier alpha value is -2.04. The molecule has 1 aliphatic carbocycles. The first-order chi connectivity index (χ1) is 8.04. The predicted molar refractivity (Wildman–Crippen MR) is 59.1 cm³/mol. The molecule has 0 saturated carbocycles. The lowest BCUT2D eigenvalue weighted by Crippen LogP contribution is -2.36. The fraction of sp³-hybridized carbons (Fsp3) is 0.167. The fourth-order valence-electron chi connectivity index (χ4n) is 1.78. The van der Waals surface area contributed by atoms with E-state index in [9.17, 15) is 18.9 Å². The summed E-state index contributed by atoms with van der Waals surface area (Å²) >= 11 is 0. The highest BCUT2D eigenvalue weighted by Gasteiger charge is 2.50. The van der Waals surface area contributed by atoms with Crippen molar-refractivity contribution in [3.8, 4) is 0 Å². The molecule has 0 heterocycles. The molecule has 0 aromatic heterocycles. The van der Waals surface area contributed by atoms with Gasteiger partial charge in [0.1, 0.15) is 12.2 Å². The molecular weight excluding hydrogens is 228 g/mol. The number of hydrogen-bond donors (Lipinski definition) is 0. The summed E-state index contributed by atoms with van der Waals surface area (Å²) in [5.41, 5.74) is 0.264. The van der Waals surface area contributed by atoms with Crippen LogP contribution in [0.5, 0.6) is 0 Å². The predicted octanol–water partition coefficient (Wildman–Crippen LogP) is 3.27. The molecule has 0 aliphatic heterocycles. The summed E-state index contributed by atoms with van der Waals surface area (Å²) in [7, 11) is 0. The van der Waals surface area contributed by atoms with Gasteiger partial charge in [-0.2, -0.15) is 4.39 Å². The maximum absolute atomic E-state index is 14.2. The normalized spacial score (nSPS) is 23.9. The van der Waals surface area contributed by atoms with Crippen molar-refractivity contribution in [3.05, 3.63) is 64.0 Å². The Labute approximate surface area is 96.2 Å². The molecule has 0 saturated heterocycles. The van der Waals surface area contributed by atoms with Gasteiger partial charge in [-0.1, -0.05) is 30.3 Å². The van der Waals surface area contributed by atoms with Crippen LogP contribution in [0.2, 0.25) is 0 Å². The third-order valence-electron chi connectivity index (χ3n) is 2.62. The van der Waals surface area contributed by atoms with Crippen molar-refractivity contribution < 1.29 is 13.7 Å². The zero-order valence-electron chi connectivity index (χ0n) is 8.77. The Kier molecular flexibility index (Phi) is 2.75. The summed E-state index contributed by atoms with van der Waals surface area (Å²) < 4.78 is 27.2. The lowest BCUT2D eigenvalue weighted by Gasteiger charge is -2.21. The number of rotatable bonds is 2. The summed E-state index contributed by atoms with van der Waals surface area (Å²) in [6.45, 7) is 0. The second-order valence-corrected chi connectivity index (χ2v) is 3.75. The quantitative estimate of drug-likeness (QED) is 0.450. The Morgan fingerprint density at radius 3 is 2.47 bits per heavy atom. The Morgan fingerprint density at radius 2 is 1.88 bits per heavy atom. The molecule has 0 radical (unpaired) electrons. The van der Waals surface area contributed by atoms with E-state index in [1.807, 2.05) is 0 Å². The van der Waals surface area contributed by atoms with E-state index in [4.69, 9.17) is 0 Å². The molecule has 5 heteroatoms. The van der Waals surface area contributed by atoms with Crippen LogP contribution in [0.1, 0.15) is 12.0 Å². The van der Waals surface area contributed by atoms with E-state index in [0.29, 0.717) is 5.56 Å². The third kappa shape index (κ3) is 1.95. The summed E-state index contributed by atoms with van der Waals surface area (Å²) in [4.78, 5) is 9.72. The fourth-order valence-corrected chi connectivity index (χ4v) is 1.78. The minimum absolute atomic E-state index is 0.121. The van der Waals surface area contributed by atoms with Gasteiger partial charge in [-0.05, 0) is 17.7 Å². The zero-order valence-corrected chi connectivity index (χ0v) is 8.77. The van der Waals surface area contributed by atoms with E-state index < -0.39 is 23.0 Å². The van der Waals surface area contributed by atoms with Crippen LogP contribution < -0.4 is 0 Å². The lowest BCUT2D eigenvalue weighted by atomic mass is 9.90. The number of benzene rings is 1. The highest BCUT2D eigenvalue weighted by atomic mass is 19.2. The van der Waals surface area contributed by atoms with E-state index in [0.717, 1.165) is 12.2 Å². The largest absolute Gasteiger partial charge is 0.391 e. The minimum atomic E-state index is -2.89. The maximum atomic E-state index is 14.2. The molecule has 1 aromatic rings. The Morgan fingerprint density at radius 1 is 1.24 bits per heavy atom. The van der Waals surface area contributed by atoms with Crippen LogP contribution in [0.15, 0.2) is 48.3 Å². The second kappa shape index (κ2) is 4.08. The van der Waals surface area contributed by atoms with Crippen LogP contribution in [0.3, 0.4) is 0 Å². The van der Waals surface area contributed by atoms with Gasteiger partial charge in [0, 0.05) is 0 Å². The number of alkyl halides is 1. The smallest absolute Gasteiger partial charge is 0.261 e. The molecule has 0 bridgehead atoms. The molecular formula is C12H9F2NO2. The molecule has 1 unspecified atom stereocenters. The van der Waals surface area contributed by atoms with Gasteiger partial charge < -0.3 is 0 Å². The highest BCUT2D eigenvalue weighted by molar-refractivity contribution is 5.73. The van der Waals surface area contributed by atoms with E-state index in [-0.39, 0.29) is 5.57 Å². The zero-order chi connectivity index (χ0) is 12.5. The van der Waals surface area contributed by atoms with E-state index >= 15 is 0 Å². The molecule has 0 spiro atoms. The average Bonchev–Trinajstić information content (AvgIpc) is 2.30. The molecule has 2 rings (SSSR count). The van der Waals surface area contributed by atoms with Crippen molar-refractivity contribution in [2.75, 3.05) is 0 Å². The third-order valence-corrected chi connectivity index (χ3v) is 2.62. The molecule has 1 atom stereocenters. The molecule has 1 aliphatic rings. The standard InChI is InChI=1S/C12H9F2NO2/c13-10-6-7-11(9-4-2-1-3-5-9)12(14,8-10)15(16)17/h1-7H,8H2. The van der Waals surface area contributed by atoms with Crippen LogP contribution in [0.25, 0.3) is 5.57 Å². The first-order valence-electron chi connectivity index (χ1n) is 5.00. The maximum Gasteiger partial charge on any atom is 0.391 e. The number of allylic oxidation sites excluding steroid dienone is 2. The van der Waals surface area contributed by atoms with Crippen molar-refractivity contribution in [2.45, 2.75) is 12.2 Å². The van der Waals surface area contributed by atoms with Crippen molar-refractivity contribution in [1.82, 2.24) is 0 Å². The van der Waals surface area contributed by atoms with Crippen LogP contribution in [-0.2, 0) is 0 Å². The number of halogens is 2. The minimum Gasteiger partial charge on any atom is -0.261 e. The number of hydrogen-bond acceptors (Lipinski definition) is 2. The van der Waals surface area contributed by atoms with Crippen LogP contribution >= 0.6 is 0 Å². The summed E-state index contributed by atoms with van der Waals surface area (Å²) in [5.74, 6) is -3.72. The number of nitrogens with zero attached hydrogens (tertiary/aromatic N) is 1. The molecule has 17 heavy (non-hydrogen) atoms. The molecule has 88 valence electrons. The van der Waals surface area contributed by atoms with Crippen molar-refractivity contribution in [3.63, 3.8) is 0 Å². The topological polar surface area (TPSA) is 43.1 Å². The lowest BCUT2D eigenvalue weighted by molar-refractivity contribution is -0.585. The van der Waals surface area contributed by atoms with E-state index in [2.05, 4.69) is 0 Å². The van der Waals surface area contributed by atoms with Crippen LogP contribution in [0, 0.1) is 10.1 Å². The molecule has 1 aromatic carbocycles. The van der Waals surface area contributed by atoms with Crippen LogP contribution in [0.4, 0.5) is 8.78 Å². The monoisotopic (exact) mass is 237 g/mol. The SMILES string of the molecule is O=[N+]([O-])C1(F)CC(F)=CC=C1c1ccccc1. The van der Waals surface area contributed by atoms with Gasteiger partial charge in [0.2, 0.25) is 0 Å². The van der Waals surface area contributed by atoms with Crippen LogP contribution in [-0.4, -0.2) is 10.7 Å². The molecule has 3 nitrogen and oxygen atoms in total. The second-order valence-electron chi connectivity index (χ2n) is 3.75. The first kappa shape index (κ1) is 11.4. The summed E-state index contributed by atoms with van der Waals surface area (Å²) in [5, 5.41) is 10.8. The van der Waals surface area contributed by atoms with E-state index in [1.165, 1.54) is 0 Å². The van der Waals surface area contributed by atoms with Gasteiger partial charge in [0.15, 0.2) is 0 Å². The molecule has 0 amide bonds. The van der Waals surface area contributed by atoms with Crippen molar-refractivity contribution in [1.29, 1.82) is 0 Å². The Bertz CT molecular complexity index is 510. The van der Waals surface area contributed by atoms with Gasteiger partial charge in [-0.15, -0.1) is 0 Å². The van der Waals surface area contributed by atoms with Gasteiger partial charge >= 0.3 is 5.79 Å². The summed E-state index contributed by atoms with van der Waals surface area (Å²) in [6, 6.07) is 8.12. The van der Waals surface area contributed by atoms with Gasteiger partial charge in [0.25, 0.3) is 0 Å². The molecule has 0 fully saturated rings. The van der Waals surface area contributed by atoms with E-state index in [1.54, 1.807) is 30.3 Å². The van der Waals surface area contributed by atoms with Crippen molar-refractivity contribution >= 4 is 5.57 Å². The van der Waals surface area contributed by atoms with Gasteiger partial charge in [-0.25, -0.2) is 4.39 Å². The average molecular weight is 237 g/mol. The number of nitro groups is 1. The van der Waals surface area contributed by atoms with Gasteiger partial charge in [0.05, 0.1) is 10.5 Å². The summed E-state index contributed by atoms with van der Waals surface area (Å²) in [6.07, 6.45) is 1.32. The van der Waals surface area contributed by atoms with Gasteiger partial charge in [-0.3, -0.25) is 10.1 Å². The first-order valence-corrected chi connectivity index (χ1v) is 5.00. The van der Waals surface area contributed by atoms with Crippen molar-refractivity contribution in [2.24, 2.45) is 0 Å².